The molecule has 0 aromatic heterocycles. The number of hydrogen-bond donors (Lipinski definition) is 9. The van der Waals surface area contributed by atoms with Gasteiger partial charge in [-0.15, -0.1) is 0 Å². The summed E-state index contributed by atoms with van der Waals surface area (Å²) in [7, 11) is 0. The molecular formula is C77H131NO13. The van der Waals surface area contributed by atoms with E-state index in [0.29, 0.717) is 6.42 Å². The molecule has 2 fully saturated rings. The number of aliphatic hydroxyl groups is 8. The van der Waals surface area contributed by atoms with Crippen molar-refractivity contribution in [3.05, 3.63) is 122 Å². The molecule has 12 unspecified atom stereocenters. The van der Waals surface area contributed by atoms with Gasteiger partial charge in [0, 0.05) is 6.42 Å². The highest BCUT2D eigenvalue weighted by Crippen LogP contribution is 2.30. The number of allylic oxidation sites excluding steroid dienone is 19. The molecule has 0 aromatic rings. The standard InChI is InChI=1S/C77H131NO13/c1-3-5-7-9-11-13-15-17-19-21-23-25-27-29-30-31-32-33-34-35-36-37-39-41-43-45-47-49-51-53-55-57-59-61-69(82)78-65(64-88-76-74(87)72(85)75(68(63-80)90-76)91-77-73(86)71(84)70(83)67(62-79)89-77)66(81)60-58-56-54-52-50-48-46-44-42-40-38-28-26-24-22-20-18-16-14-12-10-8-6-4-2/h5,7,11,13,17,19,23,25,29-30,32-33,35-36,39,41,45,47,58,60,65-68,70-77,79-81,83-87H,3-4,6,8-10,12,14-16,18,20-22,24,26-28,31,34,37-38,40,42-44,46,48-57,59,61-64H2,1-2H3,(H,78,82)/b7-5-,13-11-,19-17-,25-23-,30-29-,33-32-,36-35-,41-39-,47-45-,60-58+. The van der Waals surface area contributed by atoms with Gasteiger partial charge in [0.05, 0.1) is 32.0 Å². The summed E-state index contributed by atoms with van der Waals surface area (Å²) >= 11 is 0. The van der Waals surface area contributed by atoms with Gasteiger partial charge in [-0.25, -0.2) is 0 Å². The number of unbranched alkanes of at least 4 members (excludes halogenated alkanes) is 27. The fourth-order valence-corrected chi connectivity index (χ4v) is 11.2. The summed E-state index contributed by atoms with van der Waals surface area (Å²) in [4.78, 5) is 13.3. The topological polar surface area (TPSA) is 228 Å². The van der Waals surface area contributed by atoms with E-state index in [4.69, 9.17) is 18.9 Å². The maximum Gasteiger partial charge on any atom is 0.220 e. The lowest BCUT2D eigenvalue weighted by molar-refractivity contribution is -0.359. The highest BCUT2D eigenvalue weighted by Gasteiger charge is 2.51. The Hall–Kier alpha value is -3.61. The van der Waals surface area contributed by atoms with Gasteiger partial charge in [0.2, 0.25) is 5.91 Å². The number of aliphatic hydroxyl groups excluding tert-OH is 8. The molecule has 0 radical (unpaired) electrons. The summed E-state index contributed by atoms with van der Waals surface area (Å²) in [6, 6.07) is -0.936. The van der Waals surface area contributed by atoms with Crippen LogP contribution in [0.3, 0.4) is 0 Å². The van der Waals surface area contributed by atoms with Gasteiger partial charge in [0.25, 0.3) is 0 Å². The first-order valence-electron chi connectivity index (χ1n) is 36.3. The molecule has 1 amide bonds. The molecule has 2 aliphatic heterocycles. The summed E-state index contributed by atoms with van der Waals surface area (Å²) in [6.45, 7) is 2.69. The molecule has 2 saturated heterocycles. The highest BCUT2D eigenvalue weighted by atomic mass is 16.7. The molecule has 2 rings (SSSR count). The summed E-state index contributed by atoms with van der Waals surface area (Å²) in [5.41, 5.74) is 0. The first kappa shape index (κ1) is 83.5. The lowest BCUT2D eigenvalue weighted by Crippen LogP contribution is -2.65. The van der Waals surface area contributed by atoms with Crippen molar-refractivity contribution in [2.45, 2.75) is 338 Å². The number of carbonyl (C=O) groups excluding carboxylic acids is 1. The van der Waals surface area contributed by atoms with Crippen molar-refractivity contribution < 1.29 is 64.6 Å². The minimum atomic E-state index is -1.80. The van der Waals surface area contributed by atoms with Gasteiger partial charge in [-0.2, -0.15) is 0 Å². The van der Waals surface area contributed by atoms with Gasteiger partial charge in [-0.05, 0) is 89.9 Å². The number of carbonyl (C=O) groups is 1. The van der Waals surface area contributed by atoms with Crippen molar-refractivity contribution >= 4 is 5.91 Å². The molecule has 2 heterocycles. The van der Waals surface area contributed by atoms with E-state index < -0.39 is 86.8 Å². The average Bonchev–Trinajstić information content (AvgIpc) is 1.28. The number of ether oxygens (including phenoxy) is 4. The van der Waals surface area contributed by atoms with E-state index in [1.54, 1.807) is 6.08 Å². The van der Waals surface area contributed by atoms with Crippen molar-refractivity contribution in [3.8, 4) is 0 Å². The lowest BCUT2D eigenvalue weighted by Gasteiger charge is -2.46. The van der Waals surface area contributed by atoms with Crippen molar-refractivity contribution in [3.63, 3.8) is 0 Å². The molecule has 0 spiro atoms. The number of nitrogens with one attached hydrogen (secondary N) is 1. The Labute approximate surface area is 552 Å². The zero-order chi connectivity index (χ0) is 65.9. The summed E-state index contributed by atoms with van der Waals surface area (Å²) in [5, 5.41) is 87.5. The molecule has 91 heavy (non-hydrogen) atoms. The normalized spacial score (nSPS) is 23.5. The fraction of sp³-hybridized carbons (Fsp3) is 0.727. The molecule has 522 valence electrons. The van der Waals surface area contributed by atoms with Gasteiger partial charge in [0.15, 0.2) is 12.6 Å². The summed E-state index contributed by atoms with van der Waals surface area (Å²) in [5.74, 6) is -0.261. The maximum absolute atomic E-state index is 13.3. The number of rotatable bonds is 58. The molecule has 14 nitrogen and oxygen atoms in total. The third kappa shape index (κ3) is 43.9. The van der Waals surface area contributed by atoms with Crippen LogP contribution < -0.4 is 5.32 Å². The molecule has 0 bridgehead atoms. The molecule has 2 aliphatic rings. The van der Waals surface area contributed by atoms with Crippen LogP contribution >= 0.6 is 0 Å². The Morgan fingerprint density at radius 1 is 0.407 bits per heavy atom. The average molecular weight is 1280 g/mol. The summed E-state index contributed by atoms with van der Waals surface area (Å²) < 4.78 is 22.9. The van der Waals surface area contributed by atoms with Gasteiger partial charge in [0.1, 0.15) is 48.8 Å². The molecule has 0 aromatic carbocycles. The second-order valence-corrected chi connectivity index (χ2v) is 25.0. The van der Waals surface area contributed by atoms with E-state index in [-0.39, 0.29) is 18.9 Å². The van der Waals surface area contributed by atoms with Gasteiger partial charge < -0.3 is 65.1 Å². The molecular weight excluding hydrogens is 1150 g/mol. The van der Waals surface area contributed by atoms with Crippen LogP contribution in [0.2, 0.25) is 0 Å². The van der Waals surface area contributed by atoms with Crippen LogP contribution in [0.4, 0.5) is 0 Å². The lowest BCUT2D eigenvalue weighted by atomic mass is 9.97. The molecule has 12 atom stereocenters. The molecule has 0 saturated carbocycles. The fourth-order valence-electron chi connectivity index (χ4n) is 11.2. The van der Waals surface area contributed by atoms with Crippen LogP contribution in [0.5, 0.6) is 0 Å². The van der Waals surface area contributed by atoms with Crippen LogP contribution in [0, 0.1) is 0 Å². The zero-order valence-electron chi connectivity index (χ0n) is 56.8. The first-order valence-corrected chi connectivity index (χ1v) is 36.3. The Bertz CT molecular complexity index is 1990. The third-order valence-corrected chi connectivity index (χ3v) is 16.9. The number of hydrogen-bond acceptors (Lipinski definition) is 13. The van der Waals surface area contributed by atoms with Crippen LogP contribution in [-0.2, 0) is 23.7 Å². The largest absolute Gasteiger partial charge is 0.394 e. The predicted molar refractivity (Wildman–Crippen MR) is 373 cm³/mol. The quantitative estimate of drug-likeness (QED) is 0.0204. The van der Waals surface area contributed by atoms with E-state index in [1.165, 1.54) is 128 Å². The van der Waals surface area contributed by atoms with Crippen LogP contribution in [0.1, 0.15) is 264 Å². The monoisotopic (exact) mass is 1280 g/mol. The molecule has 0 aliphatic carbocycles. The van der Waals surface area contributed by atoms with Gasteiger partial charge >= 0.3 is 0 Å². The molecule has 14 heteroatoms. The smallest absolute Gasteiger partial charge is 0.220 e. The number of amides is 1. The Morgan fingerprint density at radius 3 is 1.16 bits per heavy atom. The third-order valence-electron chi connectivity index (χ3n) is 16.9. The van der Waals surface area contributed by atoms with E-state index in [2.05, 4.69) is 129 Å². The Balaban J connectivity index is 1.70. The van der Waals surface area contributed by atoms with Crippen molar-refractivity contribution in [1.82, 2.24) is 5.32 Å². The SMILES string of the molecule is CC/C=C\C/C=C\C/C=C\C/C=C\C/C=C\C/C=C\C/C=C\C/C=C\C/C=C\CCCCCCCC(=O)NC(COC1OC(CO)C(OC2OC(CO)C(O)C(O)C2O)C(O)C1O)C(O)/C=C/CCCCCCCCCCCCCCCCCCCCCCCC. The van der Waals surface area contributed by atoms with Gasteiger partial charge in [-0.1, -0.05) is 289 Å². The second-order valence-electron chi connectivity index (χ2n) is 25.0. The Kier molecular flexibility index (Phi) is 55.1. The highest BCUT2D eigenvalue weighted by molar-refractivity contribution is 5.76. The van der Waals surface area contributed by atoms with Crippen molar-refractivity contribution in [1.29, 1.82) is 0 Å². The first-order chi connectivity index (χ1) is 44.6. The van der Waals surface area contributed by atoms with Gasteiger partial charge in [-0.3, -0.25) is 4.79 Å². The van der Waals surface area contributed by atoms with E-state index in [9.17, 15) is 45.6 Å². The van der Waals surface area contributed by atoms with Crippen molar-refractivity contribution in [2.24, 2.45) is 0 Å². The van der Waals surface area contributed by atoms with Crippen LogP contribution in [0.15, 0.2) is 122 Å². The summed E-state index contributed by atoms with van der Waals surface area (Å²) in [6.07, 6.45) is 71.0. The van der Waals surface area contributed by atoms with Crippen LogP contribution in [-0.4, -0.2) is 140 Å². The Morgan fingerprint density at radius 2 is 0.758 bits per heavy atom. The molecule has 9 N–H and O–H groups in total. The van der Waals surface area contributed by atoms with Crippen molar-refractivity contribution in [2.75, 3.05) is 19.8 Å². The second kappa shape index (κ2) is 60.1. The maximum atomic E-state index is 13.3. The van der Waals surface area contributed by atoms with E-state index >= 15 is 0 Å². The van der Waals surface area contributed by atoms with E-state index in [1.807, 2.05) is 6.08 Å². The van der Waals surface area contributed by atoms with E-state index in [0.717, 1.165) is 109 Å². The predicted octanol–water partition coefficient (Wildman–Crippen LogP) is 15.3. The zero-order valence-corrected chi connectivity index (χ0v) is 56.8. The minimum absolute atomic E-state index is 0.251. The minimum Gasteiger partial charge on any atom is -0.394 e. The van der Waals surface area contributed by atoms with Crippen LogP contribution in [0.25, 0.3) is 0 Å².